The molecule has 0 fully saturated rings. The maximum absolute atomic E-state index is 5.19. The lowest BCUT2D eigenvalue weighted by Gasteiger charge is -2.26. The molecule has 1 aromatic rings. The van der Waals surface area contributed by atoms with Gasteiger partial charge in [-0.15, -0.1) is 0 Å². The van der Waals surface area contributed by atoms with Gasteiger partial charge in [0.2, 0.25) is 0 Å². The second kappa shape index (κ2) is 5.87. The lowest BCUT2D eigenvalue weighted by atomic mass is 10.1. The van der Waals surface area contributed by atoms with Gasteiger partial charge < -0.3 is 15.4 Å². The van der Waals surface area contributed by atoms with Gasteiger partial charge in [0.1, 0.15) is 5.75 Å². The van der Waals surface area contributed by atoms with Crippen LogP contribution in [0.4, 0.5) is 0 Å². The number of nitrogens with one attached hydrogen (secondary N) is 2. The molecule has 0 heterocycles. The van der Waals surface area contributed by atoms with E-state index >= 15 is 0 Å². The van der Waals surface area contributed by atoms with E-state index in [2.05, 4.69) is 36.6 Å². The Morgan fingerprint density at radius 2 is 2.06 bits per heavy atom. The highest BCUT2D eigenvalue weighted by Crippen LogP contribution is 2.13. The Labute approximate surface area is 98.2 Å². The topological polar surface area (TPSA) is 33.3 Å². The molecule has 3 heteroatoms. The van der Waals surface area contributed by atoms with Crippen molar-refractivity contribution < 1.29 is 4.74 Å². The first kappa shape index (κ1) is 13.0. The number of hydrogen-bond acceptors (Lipinski definition) is 3. The zero-order valence-electron chi connectivity index (χ0n) is 10.6. The maximum Gasteiger partial charge on any atom is 0.119 e. The van der Waals surface area contributed by atoms with Crippen molar-refractivity contribution in [3.63, 3.8) is 0 Å². The van der Waals surface area contributed by atoms with Crippen LogP contribution in [0.1, 0.15) is 19.4 Å². The number of likely N-dealkylation sites (N-methyl/N-ethyl adjacent to an activating group) is 1. The molecule has 0 saturated heterocycles. The Kier molecular flexibility index (Phi) is 4.77. The highest BCUT2D eigenvalue weighted by molar-refractivity contribution is 5.28. The van der Waals surface area contributed by atoms with E-state index in [-0.39, 0.29) is 5.54 Å². The first-order valence-electron chi connectivity index (χ1n) is 5.60. The average molecular weight is 222 g/mol. The molecule has 0 aliphatic carbocycles. The summed E-state index contributed by atoms with van der Waals surface area (Å²) in [4.78, 5) is 0. The van der Waals surface area contributed by atoms with E-state index in [0.717, 1.165) is 18.8 Å². The summed E-state index contributed by atoms with van der Waals surface area (Å²) in [5.41, 5.74) is 1.33. The van der Waals surface area contributed by atoms with Crippen molar-refractivity contribution in [1.29, 1.82) is 0 Å². The number of methoxy groups -OCH3 is 1. The number of rotatable bonds is 6. The Hall–Kier alpha value is -1.06. The molecule has 3 nitrogen and oxygen atoms in total. The summed E-state index contributed by atoms with van der Waals surface area (Å²) >= 11 is 0. The van der Waals surface area contributed by atoms with Crippen LogP contribution in [0, 0.1) is 0 Å². The summed E-state index contributed by atoms with van der Waals surface area (Å²) in [7, 11) is 3.66. The zero-order valence-corrected chi connectivity index (χ0v) is 10.6. The fraction of sp³-hybridized carbons (Fsp3) is 0.538. The predicted octanol–water partition coefficient (Wildman–Crippen LogP) is 1.78. The number of ether oxygens (including phenoxy) is 1. The second-order valence-electron chi connectivity index (χ2n) is 4.62. The molecule has 0 bridgehead atoms. The first-order valence-corrected chi connectivity index (χ1v) is 5.60. The molecule has 0 atom stereocenters. The van der Waals surface area contributed by atoms with Gasteiger partial charge in [0.15, 0.2) is 0 Å². The van der Waals surface area contributed by atoms with E-state index in [1.165, 1.54) is 5.56 Å². The summed E-state index contributed by atoms with van der Waals surface area (Å²) in [5, 5.41) is 6.69. The molecule has 90 valence electrons. The zero-order chi connectivity index (χ0) is 12.0. The van der Waals surface area contributed by atoms with Crippen molar-refractivity contribution in [2.24, 2.45) is 0 Å². The van der Waals surface area contributed by atoms with Crippen LogP contribution in [0.15, 0.2) is 24.3 Å². The van der Waals surface area contributed by atoms with Gasteiger partial charge in [-0.3, -0.25) is 0 Å². The van der Waals surface area contributed by atoms with Crippen molar-refractivity contribution in [1.82, 2.24) is 10.6 Å². The summed E-state index contributed by atoms with van der Waals surface area (Å²) in [6.07, 6.45) is 0. The molecule has 0 unspecified atom stereocenters. The van der Waals surface area contributed by atoms with Crippen molar-refractivity contribution in [3.05, 3.63) is 29.8 Å². The molecule has 0 aliphatic rings. The highest BCUT2D eigenvalue weighted by atomic mass is 16.5. The predicted molar refractivity (Wildman–Crippen MR) is 67.8 cm³/mol. The van der Waals surface area contributed by atoms with Crippen LogP contribution >= 0.6 is 0 Å². The molecule has 0 aromatic heterocycles. The molecular weight excluding hydrogens is 200 g/mol. The van der Waals surface area contributed by atoms with E-state index in [9.17, 15) is 0 Å². The second-order valence-corrected chi connectivity index (χ2v) is 4.62. The third-order valence-corrected chi connectivity index (χ3v) is 2.52. The molecule has 16 heavy (non-hydrogen) atoms. The van der Waals surface area contributed by atoms with Gasteiger partial charge >= 0.3 is 0 Å². The van der Waals surface area contributed by atoms with Crippen molar-refractivity contribution in [3.8, 4) is 5.75 Å². The molecule has 0 radical (unpaired) electrons. The molecule has 1 aromatic carbocycles. The quantitative estimate of drug-likeness (QED) is 0.770. The molecule has 0 spiro atoms. The summed E-state index contributed by atoms with van der Waals surface area (Å²) in [6.45, 7) is 6.16. The molecule has 0 saturated carbocycles. The smallest absolute Gasteiger partial charge is 0.119 e. The monoisotopic (exact) mass is 222 g/mol. The van der Waals surface area contributed by atoms with Crippen molar-refractivity contribution in [2.75, 3.05) is 20.7 Å². The lowest BCUT2D eigenvalue weighted by molar-refractivity contribution is 0.372. The van der Waals surface area contributed by atoms with Gasteiger partial charge in [-0.1, -0.05) is 12.1 Å². The van der Waals surface area contributed by atoms with Gasteiger partial charge in [-0.05, 0) is 38.6 Å². The van der Waals surface area contributed by atoms with E-state index in [1.807, 2.05) is 19.2 Å². The SMILES string of the molecule is CNCC(C)(C)NCc1cccc(OC)c1. The van der Waals surface area contributed by atoms with E-state index < -0.39 is 0 Å². The Balaban J connectivity index is 2.53. The Morgan fingerprint density at radius 1 is 1.31 bits per heavy atom. The largest absolute Gasteiger partial charge is 0.497 e. The standard InChI is InChI=1S/C13H22N2O/c1-13(2,10-14-3)15-9-11-6-5-7-12(8-11)16-4/h5-8,14-15H,9-10H2,1-4H3. The summed E-state index contributed by atoms with van der Waals surface area (Å²) in [6, 6.07) is 8.14. The van der Waals surface area contributed by atoms with Gasteiger partial charge in [0, 0.05) is 18.6 Å². The van der Waals surface area contributed by atoms with Crippen LogP contribution in [-0.2, 0) is 6.54 Å². The fourth-order valence-electron chi connectivity index (χ4n) is 1.63. The minimum atomic E-state index is 0.0951. The van der Waals surface area contributed by atoms with Gasteiger partial charge in [0.05, 0.1) is 7.11 Å². The Morgan fingerprint density at radius 3 is 2.69 bits per heavy atom. The minimum absolute atomic E-state index is 0.0951. The molecule has 1 rings (SSSR count). The van der Waals surface area contributed by atoms with Crippen LogP contribution in [0.5, 0.6) is 5.75 Å². The number of benzene rings is 1. The highest BCUT2D eigenvalue weighted by Gasteiger charge is 2.15. The summed E-state index contributed by atoms with van der Waals surface area (Å²) in [5.74, 6) is 0.908. The first-order chi connectivity index (χ1) is 7.57. The fourth-order valence-corrected chi connectivity index (χ4v) is 1.63. The van der Waals surface area contributed by atoms with Crippen LogP contribution in [-0.4, -0.2) is 26.2 Å². The van der Waals surface area contributed by atoms with Gasteiger partial charge in [0.25, 0.3) is 0 Å². The third kappa shape index (κ3) is 4.21. The van der Waals surface area contributed by atoms with E-state index in [4.69, 9.17) is 4.74 Å². The molecular formula is C13H22N2O. The van der Waals surface area contributed by atoms with Crippen LogP contribution < -0.4 is 15.4 Å². The van der Waals surface area contributed by atoms with E-state index in [0.29, 0.717) is 0 Å². The lowest BCUT2D eigenvalue weighted by Crippen LogP contribution is -2.46. The van der Waals surface area contributed by atoms with Gasteiger partial charge in [-0.2, -0.15) is 0 Å². The van der Waals surface area contributed by atoms with Crippen LogP contribution in [0.2, 0.25) is 0 Å². The average Bonchev–Trinajstić information content (AvgIpc) is 2.27. The molecule has 0 amide bonds. The number of hydrogen-bond donors (Lipinski definition) is 2. The van der Waals surface area contributed by atoms with Gasteiger partial charge in [-0.25, -0.2) is 0 Å². The maximum atomic E-state index is 5.19. The van der Waals surface area contributed by atoms with Crippen LogP contribution in [0.3, 0.4) is 0 Å². The molecule has 0 aliphatic heterocycles. The molecule has 2 N–H and O–H groups in total. The third-order valence-electron chi connectivity index (χ3n) is 2.52. The van der Waals surface area contributed by atoms with Crippen LogP contribution in [0.25, 0.3) is 0 Å². The van der Waals surface area contributed by atoms with Crippen molar-refractivity contribution >= 4 is 0 Å². The van der Waals surface area contributed by atoms with E-state index in [1.54, 1.807) is 7.11 Å². The minimum Gasteiger partial charge on any atom is -0.497 e. The summed E-state index contributed by atoms with van der Waals surface area (Å²) < 4.78 is 5.19. The Bertz CT molecular complexity index is 323. The van der Waals surface area contributed by atoms with Crippen molar-refractivity contribution in [2.45, 2.75) is 25.9 Å². The normalized spacial score (nSPS) is 11.5.